The Bertz CT molecular complexity index is 1070. The van der Waals surface area contributed by atoms with Gasteiger partial charge in [-0.3, -0.25) is 9.80 Å². The number of rotatable bonds is 5. The number of benzene rings is 3. The van der Waals surface area contributed by atoms with Crippen LogP contribution in [0, 0.1) is 0 Å². The van der Waals surface area contributed by atoms with E-state index in [2.05, 4.69) is 15.7 Å². The number of carbonyl (C=O) groups is 2. The number of hydrogen-bond acceptors (Lipinski definition) is 4. The molecule has 0 saturated heterocycles. The SMILES string of the molecule is NC(=O)Nc1ccc(NC(=O)C2=NN(c3ccccc3)C(c3ccccc3)C2)cc1. The summed E-state index contributed by atoms with van der Waals surface area (Å²) >= 11 is 0. The topological polar surface area (TPSA) is 99.8 Å². The van der Waals surface area contributed by atoms with Crippen molar-refractivity contribution >= 4 is 34.7 Å². The maximum absolute atomic E-state index is 12.9. The zero-order valence-corrected chi connectivity index (χ0v) is 16.2. The molecule has 1 aliphatic rings. The lowest BCUT2D eigenvalue weighted by atomic mass is 10.0. The van der Waals surface area contributed by atoms with Gasteiger partial charge in [-0.1, -0.05) is 48.5 Å². The Labute approximate surface area is 174 Å². The van der Waals surface area contributed by atoms with E-state index in [-0.39, 0.29) is 11.9 Å². The van der Waals surface area contributed by atoms with E-state index >= 15 is 0 Å². The number of carbonyl (C=O) groups excluding carboxylic acids is 2. The van der Waals surface area contributed by atoms with Crippen molar-refractivity contribution in [2.45, 2.75) is 12.5 Å². The van der Waals surface area contributed by atoms with E-state index in [1.165, 1.54) is 0 Å². The van der Waals surface area contributed by atoms with Gasteiger partial charge in [-0.25, -0.2) is 4.79 Å². The van der Waals surface area contributed by atoms with Crippen LogP contribution in [-0.4, -0.2) is 17.6 Å². The molecule has 30 heavy (non-hydrogen) atoms. The maximum atomic E-state index is 12.9. The number of anilines is 3. The third kappa shape index (κ3) is 4.30. The van der Waals surface area contributed by atoms with Crippen molar-refractivity contribution in [3.8, 4) is 0 Å². The summed E-state index contributed by atoms with van der Waals surface area (Å²) < 4.78 is 0. The van der Waals surface area contributed by atoms with Crippen LogP contribution in [0.25, 0.3) is 0 Å². The normalized spacial score (nSPS) is 15.4. The average molecular weight is 399 g/mol. The van der Waals surface area contributed by atoms with Crippen molar-refractivity contribution < 1.29 is 9.59 Å². The molecule has 3 amide bonds. The van der Waals surface area contributed by atoms with Gasteiger partial charge in [0.05, 0.1) is 11.7 Å². The van der Waals surface area contributed by atoms with Gasteiger partial charge in [0.2, 0.25) is 0 Å². The van der Waals surface area contributed by atoms with Crippen LogP contribution in [0.5, 0.6) is 0 Å². The summed E-state index contributed by atoms with van der Waals surface area (Å²) in [5.41, 5.74) is 8.74. The second kappa shape index (κ2) is 8.48. The number of para-hydroxylation sites is 1. The summed E-state index contributed by atoms with van der Waals surface area (Å²) in [5, 5.41) is 11.9. The third-order valence-corrected chi connectivity index (χ3v) is 4.79. The molecule has 7 heteroatoms. The smallest absolute Gasteiger partial charge is 0.316 e. The molecule has 0 saturated carbocycles. The first-order valence-electron chi connectivity index (χ1n) is 9.55. The Kier molecular flexibility index (Phi) is 5.43. The van der Waals surface area contributed by atoms with Crippen molar-refractivity contribution in [1.29, 1.82) is 0 Å². The van der Waals surface area contributed by atoms with E-state index in [1.54, 1.807) is 24.3 Å². The summed E-state index contributed by atoms with van der Waals surface area (Å²) in [5.74, 6) is -0.259. The van der Waals surface area contributed by atoms with Gasteiger partial charge in [-0.2, -0.15) is 5.10 Å². The number of hydrazone groups is 1. The highest BCUT2D eigenvalue weighted by Gasteiger charge is 2.32. The molecule has 3 aromatic carbocycles. The van der Waals surface area contributed by atoms with Gasteiger partial charge in [0.1, 0.15) is 5.71 Å². The molecule has 0 fully saturated rings. The highest BCUT2D eigenvalue weighted by molar-refractivity contribution is 6.43. The molecule has 0 spiro atoms. The van der Waals surface area contributed by atoms with Gasteiger partial charge in [0, 0.05) is 17.8 Å². The van der Waals surface area contributed by atoms with E-state index in [0.717, 1.165) is 11.3 Å². The van der Waals surface area contributed by atoms with Crippen LogP contribution in [0.15, 0.2) is 90.0 Å². The van der Waals surface area contributed by atoms with Crippen LogP contribution < -0.4 is 21.4 Å². The molecule has 0 aromatic heterocycles. The van der Waals surface area contributed by atoms with Gasteiger partial charge >= 0.3 is 6.03 Å². The van der Waals surface area contributed by atoms with Crippen LogP contribution in [0.3, 0.4) is 0 Å². The minimum Gasteiger partial charge on any atom is -0.351 e. The van der Waals surface area contributed by atoms with Crippen LogP contribution in [0.1, 0.15) is 18.0 Å². The molecule has 0 bridgehead atoms. The number of nitrogens with one attached hydrogen (secondary N) is 2. The molecule has 4 rings (SSSR count). The monoisotopic (exact) mass is 399 g/mol. The summed E-state index contributed by atoms with van der Waals surface area (Å²) in [7, 11) is 0. The molecule has 1 aliphatic heterocycles. The van der Waals surface area contributed by atoms with E-state index < -0.39 is 6.03 Å². The number of amides is 3. The fourth-order valence-electron chi connectivity index (χ4n) is 3.38. The van der Waals surface area contributed by atoms with Gasteiger partial charge in [-0.05, 0) is 42.0 Å². The summed E-state index contributed by atoms with van der Waals surface area (Å²) in [6.07, 6.45) is 0.492. The van der Waals surface area contributed by atoms with Gasteiger partial charge < -0.3 is 16.4 Å². The Morgan fingerprint density at radius 2 is 1.40 bits per heavy atom. The fraction of sp³-hybridized carbons (Fsp3) is 0.0870. The Morgan fingerprint density at radius 3 is 2.00 bits per heavy atom. The Hall–Kier alpha value is -4.13. The number of primary amides is 1. The number of nitrogens with zero attached hydrogens (tertiary/aromatic N) is 2. The van der Waals surface area contributed by atoms with Gasteiger partial charge in [0.25, 0.3) is 5.91 Å². The average Bonchev–Trinajstić information content (AvgIpc) is 3.22. The van der Waals surface area contributed by atoms with Crippen molar-refractivity contribution in [2.24, 2.45) is 10.8 Å². The molecule has 7 nitrogen and oxygen atoms in total. The summed E-state index contributed by atoms with van der Waals surface area (Å²) in [4.78, 5) is 23.8. The van der Waals surface area contributed by atoms with Crippen LogP contribution >= 0.6 is 0 Å². The zero-order chi connectivity index (χ0) is 20.9. The first-order valence-corrected chi connectivity index (χ1v) is 9.55. The lowest BCUT2D eigenvalue weighted by Crippen LogP contribution is -2.22. The Balaban J connectivity index is 1.54. The Morgan fingerprint density at radius 1 is 0.833 bits per heavy atom. The quantitative estimate of drug-likeness (QED) is 0.601. The maximum Gasteiger partial charge on any atom is 0.316 e. The van der Waals surface area contributed by atoms with Crippen LogP contribution in [0.2, 0.25) is 0 Å². The predicted octanol–water partition coefficient (Wildman–Crippen LogP) is 4.12. The van der Waals surface area contributed by atoms with Crippen LogP contribution in [0.4, 0.5) is 21.9 Å². The second-order valence-electron chi connectivity index (χ2n) is 6.88. The number of urea groups is 1. The van der Waals surface area contributed by atoms with Crippen molar-refractivity contribution in [3.63, 3.8) is 0 Å². The van der Waals surface area contributed by atoms with E-state index in [4.69, 9.17) is 5.73 Å². The standard InChI is InChI=1S/C23H21N5O2/c24-23(30)26-18-13-11-17(12-14-18)25-22(29)20-15-21(16-7-3-1-4-8-16)28(27-20)19-9-5-2-6-10-19/h1-14,21H,15H2,(H,25,29)(H3,24,26,30). The molecular weight excluding hydrogens is 378 g/mol. The third-order valence-electron chi connectivity index (χ3n) is 4.79. The number of hydrogen-bond donors (Lipinski definition) is 3. The van der Waals surface area contributed by atoms with Crippen molar-refractivity contribution in [1.82, 2.24) is 0 Å². The van der Waals surface area contributed by atoms with E-state index in [0.29, 0.717) is 23.5 Å². The fourth-order valence-corrected chi connectivity index (χ4v) is 3.38. The van der Waals surface area contributed by atoms with Gasteiger partial charge in [0.15, 0.2) is 0 Å². The van der Waals surface area contributed by atoms with E-state index in [1.807, 2.05) is 65.7 Å². The molecule has 1 heterocycles. The second-order valence-corrected chi connectivity index (χ2v) is 6.88. The highest BCUT2D eigenvalue weighted by Crippen LogP contribution is 2.35. The molecule has 3 aromatic rings. The first kappa shape index (κ1) is 19.2. The molecule has 4 N–H and O–H groups in total. The first-order chi connectivity index (χ1) is 14.6. The highest BCUT2D eigenvalue weighted by atomic mass is 16.2. The van der Waals surface area contributed by atoms with Crippen molar-refractivity contribution in [2.75, 3.05) is 15.6 Å². The minimum absolute atomic E-state index is 0.0588. The van der Waals surface area contributed by atoms with Crippen molar-refractivity contribution in [3.05, 3.63) is 90.5 Å². The molecule has 1 unspecified atom stereocenters. The number of nitrogens with two attached hydrogens (primary N) is 1. The zero-order valence-electron chi connectivity index (χ0n) is 16.2. The largest absolute Gasteiger partial charge is 0.351 e. The van der Waals surface area contributed by atoms with E-state index in [9.17, 15) is 9.59 Å². The predicted molar refractivity (Wildman–Crippen MR) is 118 cm³/mol. The van der Waals surface area contributed by atoms with Gasteiger partial charge in [-0.15, -0.1) is 0 Å². The molecule has 0 radical (unpaired) electrons. The molecular formula is C23H21N5O2. The summed E-state index contributed by atoms with van der Waals surface area (Å²) in [6.45, 7) is 0. The summed E-state index contributed by atoms with van der Waals surface area (Å²) in [6, 6.07) is 25.9. The molecule has 1 atom stereocenters. The minimum atomic E-state index is -0.639. The lowest BCUT2D eigenvalue weighted by Gasteiger charge is -2.23. The lowest BCUT2D eigenvalue weighted by molar-refractivity contribution is -0.110. The molecule has 150 valence electrons. The van der Waals surface area contributed by atoms with Crippen LogP contribution in [-0.2, 0) is 4.79 Å². The molecule has 0 aliphatic carbocycles.